The van der Waals surface area contributed by atoms with Gasteiger partial charge in [0.25, 0.3) is 0 Å². The van der Waals surface area contributed by atoms with E-state index in [0.717, 1.165) is 12.1 Å². The molecule has 0 aliphatic carbocycles. The van der Waals surface area contributed by atoms with Gasteiger partial charge in [0, 0.05) is 5.92 Å². The molecular weight excluding hydrogens is 245 g/mol. The standard InChI is InChI=1S/C13H13F3O2/c1-8-5-10(7-18-12(8)17)9-3-2-4-11(6-9)13(14,15)16/h2-4,6,8,10H,5,7H2,1H3/t8-,10-/m1/s1. The van der Waals surface area contributed by atoms with Crippen molar-refractivity contribution in [2.45, 2.75) is 25.4 Å². The van der Waals surface area contributed by atoms with E-state index in [1.165, 1.54) is 6.07 Å². The van der Waals surface area contributed by atoms with Crippen LogP contribution in [0.4, 0.5) is 13.2 Å². The van der Waals surface area contributed by atoms with Gasteiger partial charge in [-0.05, 0) is 18.1 Å². The molecule has 1 fully saturated rings. The Hall–Kier alpha value is -1.52. The Morgan fingerprint density at radius 3 is 2.67 bits per heavy atom. The van der Waals surface area contributed by atoms with Crippen molar-refractivity contribution in [1.82, 2.24) is 0 Å². The molecule has 5 heteroatoms. The molecule has 18 heavy (non-hydrogen) atoms. The Morgan fingerprint density at radius 2 is 2.06 bits per heavy atom. The van der Waals surface area contributed by atoms with Gasteiger partial charge in [-0.3, -0.25) is 4.79 Å². The zero-order chi connectivity index (χ0) is 13.3. The van der Waals surface area contributed by atoms with Crippen LogP contribution in [0.5, 0.6) is 0 Å². The number of ether oxygens (including phenoxy) is 1. The summed E-state index contributed by atoms with van der Waals surface area (Å²) in [5, 5.41) is 0. The predicted molar refractivity (Wildman–Crippen MR) is 58.9 cm³/mol. The minimum absolute atomic E-state index is 0.153. The van der Waals surface area contributed by atoms with Gasteiger partial charge in [0.1, 0.15) is 0 Å². The van der Waals surface area contributed by atoms with E-state index in [2.05, 4.69) is 0 Å². The number of rotatable bonds is 1. The predicted octanol–water partition coefficient (Wildman–Crippen LogP) is 3.37. The number of cyclic esters (lactones) is 1. The second kappa shape index (κ2) is 4.63. The second-order valence-electron chi connectivity index (χ2n) is 4.59. The summed E-state index contributed by atoms with van der Waals surface area (Å²) in [4.78, 5) is 11.2. The minimum Gasteiger partial charge on any atom is -0.465 e. The number of benzene rings is 1. The summed E-state index contributed by atoms with van der Waals surface area (Å²) in [6.45, 7) is 1.88. The quantitative estimate of drug-likeness (QED) is 0.722. The zero-order valence-electron chi connectivity index (χ0n) is 9.83. The van der Waals surface area contributed by atoms with Crippen molar-refractivity contribution >= 4 is 5.97 Å². The Balaban J connectivity index is 2.21. The van der Waals surface area contributed by atoms with E-state index in [9.17, 15) is 18.0 Å². The van der Waals surface area contributed by atoms with Crippen molar-refractivity contribution in [3.8, 4) is 0 Å². The molecule has 2 nitrogen and oxygen atoms in total. The molecule has 1 saturated heterocycles. The van der Waals surface area contributed by atoms with Crippen molar-refractivity contribution in [2.75, 3.05) is 6.61 Å². The van der Waals surface area contributed by atoms with Crippen molar-refractivity contribution < 1.29 is 22.7 Å². The lowest BCUT2D eigenvalue weighted by Gasteiger charge is -2.26. The SMILES string of the molecule is C[C@@H]1C[C@@H](c2cccc(C(F)(F)F)c2)COC1=O. The first-order chi connectivity index (χ1) is 8.38. The third kappa shape index (κ3) is 2.66. The van der Waals surface area contributed by atoms with Crippen LogP contribution in [-0.2, 0) is 15.7 Å². The number of carbonyl (C=O) groups excluding carboxylic acids is 1. The van der Waals surface area contributed by atoms with Crippen molar-refractivity contribution in [1.29, 1.82) is 0 Å². The largest absolute Gasteiger partial charge is 0.465 e. The second-order valence-corrected chi connectivity index (χ2v) is 4.59. The van der Waals surface area contributed by atoms with Gasteiger partial charge in [0.15, 0.2) is 0 Å². The number of alkyl halides is 3. The highest BCUT2D eigenvalue weighted by atomic mass is 19.4. The van der Waals surface area contributed by atoms with E-state index >= 15 is 0 Å². The molecule has 0 radical (unpaired) electrons. The van der Waals surface area contributed by atoms with E-state index < -0.39 is 11.7 Å². The lowest BCUT2D eigenvalue weighted by atomic mass is 9.87. The molecule has 2 rings (SSSR count). The molecule has 0 amide bonds. The lowest BCUT2D eigenvalue weighted by molar-refractivity contribution is -0.153. The Kier molecular flexibility index (Phi) is 3.32. The van der Waals surface area contributed by atoms with Crippen molar-refractivity contribution in [2.24, 2.45) is 5.92 Å². The van der Waals surface area contributed by atoms with Crippen LogP contribution in [0.15, 0.2) is 24.3 Å². The maximum atomic E-state index is 12.6. The van der Waals surface area contributed by atoms with E-state index in [0.29, 0.717) is 12.0 Å². The molecule has 2 atom stereocenters. The molecule has 1 aliphatic heterocycles. The number of hydrogen-bond donors (Lipinski definition) is 0. The third-order valence-corrected chi connectivity index (χ3v) is 3.15. The summed E-state index contributed by atoms with van der Waals surface area (Å²) in [7, 11) is 0. The molecule has 98 valence electrons. The molecule has 1 aromatic rings. The number of halogens is 3. The summed E-state index contributed by atoms with van der Waals surface area (Å²) >= 11 is 0. The first-order valence-corrected chi connectivity index (χ1v) is 5.71. The zero-order valence-corrected chi connectivity index (χ0v) is 9.83. The molecule has 0 bridgehead atoms. The van der Waals surface area contributed by atoms with Crippen LogP contribution in [0, 0.1) is 5.92 Å². The minimum atomic E-state index is -4.34. The maximum Gasteiger partial charge on any atom is 0.416 e. The van der Waals surface area contributed by atoms with Crippen molar-refractivity contribution in [3.05, 3.63) is 35.4 Å². The van der Waals surface area contributed by atoms with Crippen LogP contribution in [0.3, 0.4) is 0 Å². The van der Waals surface area contributed by atoms with Gasteiger partial charge in [-0.2, -0.15) is 13.2 Å². The summed E-state index contributed by atoms with van der Waals surface area (Å²) in [5.74, 6) is -0.698. The smallest absolute Gasteiger partial charge is 0.416 e. The van der Waals surface area contributed by atoms with Crippen LogP contribution in [-0.4, -0.2) is 12.6 Å². The van der Waals surface area contributed by atoms with Crippen LogP contribution in [0.2, 0.25) is 0 Å². The first kappa shape index (κ1) is 12.9. The Morgan fingerprint density at radius 1 is 1.33 bits per heavy atom. The Labute approximate surface area is 103 Å². The summed E-state index contributed by atoms with van der Waals surface area (Å²) < 4.78 is 42.7. The van der Waals surface area contributed by atoms with E-state index in [-0.39, 0.29) is 24.4 Å². The van der Waals surface area contributed by atoms with Gasteiger partial charge in [-0.25, -0.2) is 0 Å². The lowest BCUT2D eigenvalue weighted by Crippen LogP contribution is -2.27. The van der Waals surface area contributed by atoms with Gasteiger partial charge in [-0.1, -0.05) is 25.1 Å². The highest BCUT2D eigenvalue weighted by Gasteiger charge is 2.32. The van der Waals surface area contributed by atoms with E-state index in [1.54, 1.807) is 13.0 Å². The van der Waals surface area contributed by atoms with Crippen LogP contribution < -0.4 is 0 Å². The van der Waals surface area contributed by atoms with Crippen molar-refractivity contribution in [3.63, 3.8) is 0 Å². The van der Waals surface area contributed by atoms with E-state index in [4.69, 9.17) is 4.74 Å². The van der Waals surface area contributed by atoms with Crippen LogP contribution in [0.25, 0.3) is 0 Å². The fraction of sp³-hybridized carbons (Fsp3) is 0.462. The van der Waals surface area contributed by atoms with Gasteiger partial charge in [0.2, 0.25) is 0 Å². The normalized spacial score (nSPS) is 24.8. The summed E-state index contributed by atoms with van der Waals surface area (Å²) in [6, 6.07) is 5.21. The molecule has 1 aliphatic rings. The maximum absolute atomic E-state index is 12.6. The molecule has 0 unspecified atom stereocenters. The molecule has 1 aromatic carbocycles. The highest BCUT2D eigenvalue weighted by Crippen LogP contribution is 2.34. The molecule has 0 aromatic heterocycles. The first-order valence-electron chi connectivity index (χ1n) is 5.71. The molecule has 0 N–H and O–H groups in total. The third-order valence-electron chi connectivity index (χ3n) is 3.15. The average Bonchev–Trinajstić information content (AvgIpc) is 2.32. The molecule has 1 heterocycles. The summed E-state index contributed by atoms with van der Waals surface area (Å²) in [5.41, 5.74) is -0.0891. The fourth-order valence-corrected chi connectivity index (χ4v) is 2.12. The molecule has 0 saturated carbocycles. The highest BCUT2D eigenvalue weighted by molar-refractivity contribution is 5.73. The van der Waals surface area contributed by atoms with Gasteiger partial charge >= 0.3 is 12.1 Å². The fourth-order valence-electron chi connectivity index (χ4n) is 2.12. The van der Waals surface area contributed by atoms with Crippen LogP contribution in [0.1, 0.15) is 30.4 Å². The molecule has 0 spiro atoms. The average molecular weight is 258 g/mol. The number of carbonyl (C=O) groups is 1. The van der Waals surface area contributed by atoms with Gasteiger partial charge in [-0.15, -0.1) is 0 Å². The van der Waals surface area contributed by atoms with Gasteiger partial charge in [0.05, 0.1) is 18.1 Å². The Bertz CT molecular complexity index is 454. The monoisotopic (exact) mass is 258 g/mol. The van der Waals surface area contributed by atoms with Crippen LogP contribution >= 0.6 is 0 Å². The number of hydrogen-bond acceptors (Lipinski definition) is 2. The number of esters is 1. The topological polar surface area (TPSA) is 26.3 Å². The van der Waals surface area contributed by atoms with E-state index in [1.807, 2.05) is 0 Å². The summed E-state index contributed by atoms with van der Waals surface area (Å²) in [6.07, 6.45) is -3.81. The molecular formula is C13H13F3O2. The van der Waals surface area contributed by atoms with Gasteiger partial charge < -0.3 is 4.74 Å².